The number of benzene rings is 2. The van der Waals surface area contributed by atoms with Gasteiger partial charge in [0.1, 0.15) is 6.33 Å². The highest BCUT2D eigenvalue weighted by Gasteiger charge is 2.41. The van der Waals surface area contributed by atoms with Gasteiger partial charge in [-0.1, -0.05) is 49.4 Å². The molecule has 6 heteroatoms. The minimum absolute atomic E-state index is 0.0353. The predicted molar refractivity (Wildman–Crippen MR) is 106 cm³/mol. The van der Waals surface area contributed by atoms with Gasteiger partial charge in [0.15, 0.2) is 0 Å². The standard InChI is InChI=1S/C21H23N5O/c1-3-15-9-11-16(12-10-15)19-18(14(2)24-21-22-13-23-26(19)21)20(27)25-17-7-5-4-6-8-17/h4-14,18-19H,3H2,1-2H3,(H,25,27)(H,22,23,24)/t14-,18+,19-/m1/s1. The Morgan fingerprint density at radius 3 is 2.59 bits per heavy atom. The molecular formula is C21H23N5O. The number of para-hydroxylation sites is 1. The van der Waals surface area contributed by atoms with E-state index in [4.69, 9.17) is 0 Å². The molecule has 1 aromatic heterocycles. The van der Waals surface area contributed by atoms with Gasteiger partial charge in [-0.3, -0.25) is 4.79 Å². The number of amides is 1. The molecular weight excluding hydrogens is 338 g/mol. The number of aromatic nitrogens is 3. The van der Waals surface area contributed by atoms with Gasteiger partial charge in [-0.2, -0.15) is 10.1 Å². The van der Waals surface area contributed by atoms with E-state index in [1.807, 2.05) is 41.9 Å². The van der Waals surface area contributed by atoms with Gasteiger partial charge in [0, 0.05) is 11.7 Å². The molecule has 1 aliphatic rings. The van der Waals surface area contributed by atoms with Crippen molar-refractivity contribution >= 4 is 17.5 Å². The first-order valence-electron chi connectivity index (χ1n) is 9.28. The van der Waals surface area contributed by atoms with Crippen molar-refractivity contribution in [1.29, 1.82) is 0 Å². The second kappa shape index (κ2) is 7.23. The number of rotatable bonds is 4. The first kappa shape index (κ1) is 17.3. The SMILES string of the molecule is CCc1ccc([C@@H]2[C@@H](C(=O)Nc3ccccc3)[C@@H](C)Nc3ncnn32)cc1. The molecule has 0 aliphatic carbocycles. The van der Waals surface area contributed by atoms with Crippen molar-refractivity contribution in [2.45, 2.75) is 32.4 Å². The van der Waals surface area contributed by atoms with Gasteiger partial charge in [0.25, 0.3) is 0 Å². The summed E-state index contributed by atoms with van der Waals surface area (Å²) in [6.07, 6.45) is 2.51. The van der Waals surface area contributed by atoms with Crippen LogP contribution in [-0.2, 0) is 11.2 Å². The molecule has 3 aromatic rings. The quantitative estimate of drug-likeness (QED) is 0.746. The molecule has 138 valence electrons. The van der Waals surface area contributed by atoms with Gasteiger partial charge >= 0.3 is 0 Å². The maximum Gasteiger partial charge on any atom is 0.232 e. The van der Waals surface area contributed by atoms with E-state index in [2.05, 4.69) is 51.9 Å². The average Bonchev–Trinajstić information content (AvgIpc) is 3.15. The van der Waals surface area contributed by atoms with Crippen molar-refractivity contribution in [3.63, 3.8) is 0 Å². The topological polar surface area (TPSA) is 71.8 Å². The first-order valence-corrected chi connectivity index (χ1v) is 9.28. The van der Waals surface area contributed by atoms with Gasteiger partial charge in [0.05, 0.1) is 12.0 Å². The van der Waals surface area contributed by atoms with E-state index in [0.717, 1.165) is 17.7 Å². The largest absolute Gasteiger partial charge is 0.351 e. The molecule has 2 aromatic carbocycles. The van der Waals surface area contributed by atoms with Crippen molar-refractivity contribution in [2.24, 2.45) is 5.92 Å². The second-order valence-electron chi connectivity index (χ2n) is 6.88. The molecule has 0 spiro atoms. The van der Waals surface area contributed by atoms with E-state index in [1.165, 1.54) is 11.9 Å². The lowest BCUT2D eigenvalue weighted by molar-refractivity contribution is -0.121. The second-order valence-corrected chi connectivity index (χ2v) is 6.88. The monoisotopic (exact) mass is 361 g/mol. The molecule has 4 rings (SSSR count). The Morgan fingerprint density at radius 2 is 1.89 bits per heavy atom. The number of aryl methyl sites for hydroxylation is 1. The maximum absolute atomic E-state index is 13.2. The summed E-state index contributed by atoms with van der Waals surface area (Å²) >= 11 is 0. The first-order chi connectivity index (χ1) is 13.2. The van der Waals surface area contributed by atoms with E-state index in [-0.39, 0.29) is 23.9 Å². The fraction of sp³-hybridized carbons (Fsp3) is 0.286. The van der Waals surface area contributed by atoms with Crippen molar-refractivity contribution < 1.29 is 4.79 Å². The molecule has 1 amide bonds. The summed E-state index contributed by atoms with van der Waals surface area (Å²) in [5.74, 6) is 0.328. The Kier molecular flexibility index (Phi) is 4.62. The normalized spacial score (nSPS) is 21.2. The lowest BCUT2D eigenvalue weighted by atomic mass is 9.85. The highest BCUT2D eigenvalue weighted by atomic mass is 16.2. The van der Waals surface area contributed by atoms with Crippen LogP contribution in [0.4, 0.5) is 11.6 Å². The van der Waals surface area contributed by atoms with Crippen LogP contribution in [0.5, 0.6) is 0 Å². The fourth-order valence-corrected chi connectivity index (χ4v) is 3.69. The maximum atomic E-state index is 13.2. The van der Waals surface area contributed by atoms with Crippen molar-refractivity contribution in [3.8, 4) is 0 Å². The summed E-state index contributed by atoms with van der Waals surface area (Å²) in [6.45, 7) is 4.15. The molecule has 2 N–H and O–H groups in total. The average molecular weight is 361 g/mol. The molecule has 3 atom stereocenters. The van der Waals surface area contributed by atoms with Crippen LogP contribution < -0.4 is 10.6 Å². The van der Waals surface area contributed by atoms with Crippen LogP contribution in [0, 0.1) is 5.92 Å². The van der Waals surface area contributed by atoms with Gasteiger partial charge < -0.3 is 10.6 Å². The number of carbonyl (C=O) groups is 1. The Labute approximate surface area is 158 Å². The van der Waals surface area contributed by atoms with Crippen LogP contribution in [0.15, 0.2) is 60.9 Å². The molecule has 0 bridgehead atoms. The van der Waals surface area contributed by atoms with Gasteiger partial charge in [-0.05, 0) is 36.6 Å². The van der Waals surface area contributed by atoms with Crippen LogP contribution in [0.25, 0.3) is 0 Å². The summed E-state index contributed by atoms with van der Waals surface area (Å²) in [5, 5.41) is 10.7. The summed E-state index contributed by atoms with van der Waals surface area (Å²) < 4.78 is 1.82. The van der Waals surface area contributed by atoms with E-state index in [9.17, 15) is 4.79 Å². The Morgan fingerprint density at radius 1 is 1.15 bits per heavy atom. The molecule has 27 heavy (non-hydrogen) atoms. The van der Waals surface area contributed by atoms with E-state index in [1.54, 1.807) is 0 Å². The number of anilines is 2. The fourth-order valence-electron chi connectivity index (χ4n) is 3.69. The van der Waals surface area contributed by atoms with Crippen LogP contribution in [-0.4, -0.2) is 26.7 Å². The number of nitrogens with zero attached hydrogens (tertiary/aromatic N) is 3. The zero-order valence-corrected chi connectivity index (χ0v) is 15.5. The molecule has 0 saturated carbocycles. The molecule has 0 unspecified atom stereocenters. The third-order valence-electron chi connectivity index (χ3n) is 5.15. The van der Waals surface area contributed by atoms with E-state index in [0.29, 0.717) is 5.95 Å². The highest BCUT2D eigenvalue weighted by Crippen LogP contribution is 2.36. The van der Waals surface area contributed by atoms with Crippen LogP contribution in [0.3, 0.4) is 0 Å². The zero-order chi connectivity index (χ0) is 18.8. The Bertz CT molecular complexity index is 919. The lowest BCUT2D eigenvalue weighted by Crippen LogP contribution is -2.46. The van der Waals surface area contributed by atoms with Crippen LogP contribution in [0.2, 0.25) is 0 Å². The summed E-state index contributed by atoms with van der Waals surface area (Å²) in [6, 6.07) is 17.7. The number of carbonyl (C=O) groups excluding carboxylic acids is 1. The minimum Gasteiger partial charge on any atom is -0.351 e. The van der Waals surface area contributed by atoms with Crippen molar-refractivity contribution in [2.75, 3.05) is 10.6 Å². The molecule has 0 saturated heterocycles. The van der Waals surface area contributed by atoms with Crippen molar-refractivity contribution in [3.05, 3.63) is 72.1 Å². The molecule has 0 fully saturated rings. The Balaban J connectivity index is 1.71. The molecule has 0 radical (unpaired) electrons. The minimum atomic E-state index is -0.327. The van der Waals surface area contributed by atoms with Gasteiger partial charge in [-0.25, -0.2) is 4.68 Å². The van der Waals surface area contributed by atoms with E-state index >= 15 is 0 Å². The number of hydrogen-bond donors (Lipinski definition) is 2. The number of fused-ring (bicyclic) bond motifs is 1. The van der Waals surface area contributed by atoms with Crippen LogP contribution >= 0.6 is 0 Å². The molecule has 6 nitrogen and oxygen atoms in total. The number of hydrogen-bond acceptors (Lipinski definition) is 4. The van der Waals surface area contributed by atoms with E-state index < -0.39 is 0 Å². The highest BCUT2D eigenvalue weighted by molar-refractivity contribution is 5.94. The van der Waals surface area contributed by atoms with Gasteiger partial charge in [-0.15, -0.1) is 0 Å². The smallest absolute Gasteiger partial charge is 0.232 e. The van der Waals surface area contributed by atoms with Crippen molar-refractivity contribution in [1.82, 2.24) is 14.8 Å². The Hall–Kier alpha value is -3.15. The lowest BCUT2D eigenvalue weighted by Gasteiger charge is -2.37. The number of nitrogens with one attached hydrogen (secondary N) is 2. The summed E-state index contributed by atoms with van der Waals surface area (Å²) in [4.78, 5) is 17.5. The van der Waals surface area contributed by atoms with Crippen LogP contribution in [0.1, 0.15) is 31.0 Å². The molecule has 1 aliphatic heterocycles. The van der Waals surface area contributed by atoms with Gasteiger partial charge in [0.2, 0.25) is 11.9 Å². The summed E-state index contributed by atoms with van der Waals surface area (Å²) in [5.41, 5.74) is 3.12. The third kappa shape index (κ3) is 3.30. The zero-order valence-electron chi connectivity index (χ0n) is 15.5. The summed E-state index contributed by atoms with van der Waals surface area (Å²) in [7, 11) is 0. The predicted octanol–water partition coefficient (Wildman–Crippen LogP) is 3.50. The third-order valence-corrected chi connectivity index (χ3v) is 5.15. The molecule has 2 heterocycles.